The van der Waals surface area contributed by atoms with Crippen LogP contribution in [-0.4, -0.2) is 19.2 Å². The fourth-order valence-corrected chi connectivity index (χ4v) is 3.21. The molecule has 1 amide bonds. The number of benzene rings is 3. The lowest BCUT2D eigenvalue weighted by atomic mass is 10.1. The van der Waals surface area contributed by atoms with Gasteiger partial charge in [-0.25, -0.2) is 5.43 Å². The number of nitrogens with zero attached hydrogens (tertiary/aromatic N) is 2. The maximum atomic E-state index is 12.1. The lowest BCUT2D eigenvalue weighted by molar-refractivity contribution is 0.0955. The molecule has 0 radical (unpaired) electrons. The maximum absolute atomic E-state index is 12.1. The van der Waals surface area contributed by atoms with Gasteiger partial charge in [0.2, 0.25) is 0 Å². The summed E-state index contributed by atoms with van der Waals surface area (Å²) < 4.78 is 12.0. The number of hydrogen-bond acceptors (Lipinski definition) is 5. The molecule has 0 aliphatic rings. The van der Waals surface area contributed by atoms with Gasteiger partial charge >= 0.3 is 0 Å². The minimum absolute atomic E-state index is 0.219. The van der Waals surface area contributed by atoms with Crippen molar-refractivity contribution in [2.75, 3.05) is 7.11 Å². The Balaban J connectivity index is 1.71. The summed E-state index contributed by atoms with van der Waals surface area (Å²) in [5, 5.41) is 13.8. The largest absolute Gasteiger partial charge is 0.493 e. The van der Waals surface area contributed by atoms with Gasteiger partial charge < -0.3 is 9.47 Å². The van der Waals surface area contributed by atoms with Gasteiger partial charge in [0.15, 0.2) is 11.5 Å². The summed E-state index contributed by atoms with van der Waals surface area (Å²) in [6, 6.07) is 19.4. The Labute approximate surface area is 193 Å². The Morgan fingerprint density at radius 1 is 1.19 bits per heavy atom. The average molecular weight is 499 g/mol. The topological polar surface area (TPSA) is 83.7 Å². The third kappa shape index (κ3) is 5.85. The van der Waals surface area contributed by atoms with E-state index < -0.39 is 0 Å². The van der Waals surface area contributed by atoms with Crippen molar-refractivity contribution in [2.24, 2.45) is 5.10 Å². The van der Waals surface area contributed by atoms with E-state index in [0.717, 1.165) is 5.56 Å². The van der Waals surface area contributed by atoms with Crippen molar-refractivity contribution in [3.05, 3.63) is 92.4 Å². The summed E-state index contributed by atoms with van der Waals surface area (Å²) in [5.74, 6) is 0.639. The van der Waals surface area contributed by atoms with Gasteiger partial charge in [-0.2, -0.15) is 10.4 Å². The van der Waals surface area contributed by atoms with Crippen molar-refractivity contribution in [1.82, 2.24) is 5.43 Å². The highest BCUT2D eigenvalue weighted by Crippen LogP contribution is 2.33. The quantitative estimate of drug-likeness (QED) is 0.353. The number of hydrogen-bond donors (Lipinski definition) is 1. The van der Waals surface area contributed by atoms with E-state index in [9.17, 15) is 10.1 Å². The molecular formula is C23H17BrClN3O3. The Morgan fingerprint density at radius 2 is 1.94 bits per heavy atom. The molecule has 0 saturated carbocycles. The number of carbonyl (C=O) groups is 1. The molecule has 8 heteroatoms. The van der Waals surface area contributed by atoms with Gasteiger partial charge in [-0.3, -0.25) is 4.79 Å². The number of ether oxygens (including phenoxy) is 2. The van der Waals surface area contributed by atoms with Crippen LogP contribution in [-0.2, 0) is 6.61 Å². The van der Waals surface area contributed by atoms with E-state index in [-0.39, 0.29) is 12.5 Å². The lowest BCUT2D eigenvalue weighted by Gasteiger charge is -2.13. The number of methoxy groups -OCH3 is 1. The molecule has 3 rings (SSSR count). The van der Waals surface area contributed by atoms with Crippen LogP contribution in [0.5, 0.6) is 11.5 Å². The predicted molar refractivity (Wildman–Crippen MR) is 123 cm³/mol. The monoisotopic (exact) mass is 497 g/mol. The van der Waals surface area contributed by atoms with Gasteiger partial charge in [-0.1, -0.05) is 29.8 Å². The maximum Gasteiger partial charge on any atom is 0.271 e. The van der Waals surface area contributed by atoms with E-state index in [2.05, 4.69) is 32.5 Å². The average Bonchev–Trinajstić information content (AvgIpc) is 2.79. The third-order valence-corrected chi connectivity index (χ3v) is 5.22. The molecule has 0 aromatic heterocycles. The SMILES string of the molecule is COc1cc(/C=N\NC(=O)c2ccc(Cl)cc2)c(Br)cc1OCc1ccccc1C#N. The molecule has 0 fully saturated rings. The number of hydrazone groups is 1. The normalized spacial score (nSPS) is 10.5. The number of amides is 1. The molecule has 0 aliphatic heterocycles. The Bertz CT molecular complexity index is 1160. The minimum atomic E-state index is -0.355. The van der Waals surface area contributed by atoms with Gasteiger partial charge in [0.1, 0.15) is 6.61 Å². The second-order valence-corrected chi connectivity index (χ2v) is 7.58. The smallest absolute Gasteiger partial charge is 0.271 e. The van der Waals surface area contributed by atoms with Crippen molar-refractivity contribution >= 4 is 39.7 Å². The fourth-order valence-electron chi connectivity index (χ4n) is 2.66. The second kappa shape index (κ2) is 10.6. The number of rotatable bonds is 7. The molecule has 3 aromatic carbocycles. The van der Waals surface area contributed by atoms with Gasteiger partial charge in [-0.15, -0.1) is 0 Å². The molecule has 1 N–H and O–H groups in total. The van der Waals surface area contributed by atoms with Gasteiger partial charge in [0, 0.05) is 26.2 Å². The van der Waals surface area contributed by atoms with Crippen LogP contribution < -0.4 is 14.9 Å². The highest BCUT2D eigenvalue weighted by Gasteiger charge is 2.11. The molecule has 0 aliphatic carbocycles. The molecular weight excluding hydrogens is 482 g/mol. The van der Waals surface area contributed by atoms with Crippen molar-refractivity contribution in [3.63, 3.8) is 0 Å². The van der Waals surface area contributed by atoms with Crippen molar-refractivity contribution < 1.29 is 14.3 Å². The minimum Gasteiger partial charge on any atom is -0.493 e. The highest BCUT2D eigenvalue weighted by atomic mass is 79.9. The van der Waals surface area contributed by atoms with Crippen LogP contribution in [0.15, 0.2) is 70.2 Å². The number of carbonyl (C=O) groups excluding carboxylic acids is 1. The first kappa shape index (κ1) is 22.3. The molecule has 0 saturated heterocycles. The molecule has 0 heterocycles. The lowest BCUT2D eigenvalue weighted by Crippen LogP contribution is -2.17. The van der Waals surface area contributed by atoms with Crippen molar-refractivity contribution in [1.29, 1.82) is 5.26 Å². The zero-order chi connectivity index (χ0) is 22.2. The van der Waals surface area contributed by atoms with Crippen LogP contribution in [0.1, 0.15) is 27.0 Å². The molecule has 0 spiro atoms. The van der Waals surface area contributed by atoms with E-state index in [1.165, 1.54) is 13.3 Å². The van der Waals surface area contributed by atoms with Crippen molar-refractivity contribution in [3.8, 4) is 17.6 Å². The molecule has 0 bridgehead atoms. The fraction of sp³-hybridized carbons (Fsp3) is 0.0870. The summed E-state index contributed by atoms with van der Waals surface area (Å²) >= 11 is 9.31. The van der Waals surface area contributed by atoms with Gasteiger partial charge in [0.25, 0.3) is 5.91 Å². The Kier molecular flexibility index (Phi) is 7.65. The second-order valence-electron chi connectivity index (χ2n) is 6.29. The van der Waals surface area contributed by atoms with E-state index in [0.29, 0.717) is 37.7 Å². The summed E-state index contributed by atoms with van der Waals surface area (Å²) in [6.07, 6.45) is 1.50. The van der Waals surface area contributed by atoms with Gasteiger partial charge in [0.05, 0.1) is 25.0 Å². The van der Waals surface area contributed by atoms with E-state index in [1.807, 2.05) is 12.1 Å². The Morgan fingerprint density at radius 3 is 2.65 bits per heavy atom. The van der Waals surface area contributed by atoms with Crippen LogP contribution in [0, 0.1) is 11.3 Å². The first-order chi connectivity index (χ1) is 15.0. The molecule has 0 atom stereocenters. The van der Waals surface area contributed by atoms with E-state index in [1.54, 1.807) is 48.5 Å². The number of halogens is 2. The summed E-state index contributed by atoms with van der Waals surface area (Å²) in [5.41, 5.74) is 4.93. The zero-order valence-corrected chi connectivity index (χ0v) is 18.8. The highest BCUT2D eigenvalue weighted by molar-refractivity contribution is 9.10. The summed E-state index contributed by atoms with van der Waals surface area (Å²) in [7, 11) is 1.53. The van der Waals surface area contributed by atoms with Crippen LogP contribution in [0.4, 0.5) is 0 Å². The van der Waals surface area contributed by atoms with Gasteiger partial charge in [-0.05, 0) is 58.4 Å². The standard InChI is InChI=1S/C23H17BrClN3O3/c1-30-21-10-18(13-27-28-23(29)15-6-8-19(25)9-7-15)20(24)11-22(21)31-14-17-5-3-2-4-16(17)12-26/h2-11,13H,14H2,1H3,(H,28,29)/b27-13-. The molecule has 0 unspecified atom stereocenters. The first-order valence-electron chi connectivity index (χ1n) is 9.09. The van der Waals surface area contributed by atoms with Crippen LogP contribution in [0.3, 0.4) is 0 Å². The molecule has 6 nitrogen and oxygen atoms in total. The zero-order valence-electron chi connectivity index (χ0n) is 16.4. The molecule has 31 heavy (non-hydrogen) atoms. The van der Waals surface area contributed by atoms with Crippen molar-refractivity contribution in [2.45, 2.75) is 6.61 Å². The molecule has 3 aromatic rings. The summed E-state index contributed by atoms with van der Waals surface area (Å²) in [4.78, 5) is 12.1. The van der Waals surface area contributed by atoms with E-state index in [4.69, 9.17) is 21.1 Å². The van der Waals surface area contributed by atoms with Crippen LogP contribution in [0.25, 0.3) is 0 Å². The molecule has 156 valence electrons. The third-order valence-electron chi connectivity index (χ3n) is 4.28. The van der Waals surface area contributed by atoms with Crippen LogP contribution in [0.2, 0.25) is 5.02 Å². The van der Waals surface area contributed by atoms with Crippen LogP contribution >= 0.6 is 27.5 Å². The first-order valence-corrected chi connectivity index (χ1v) is 10.3. The predicted octanol–water partition coefficient (Wildman–Crippen LogP) is 5.33. The number of nitriles is 1. The van der Waals surface area contributed by atoms with E-state index >= 15 is 0 Å². The number of nitrogens with one attached hydrogen (secondary N) is 1. The Hall–Kier alpha value is -3.34. The summed E-state index contributed by atoms with van der Waals surface area (Å²) in [6.45, 7) is 0.219.